The lowest BCUT2D eigenvalue weighted by Gasteiger charge is -2.38. The van der Waals surface area contributed by atoms with E-state index >= 15 is 0 Å². The summed E-state index contributed by atoms with van der Waals surface area (Å²) in [6, 6.07) is 7.12. The highest BCUT2D eigenvalue weighted by Gasteiger charge is 2.43. The average Bonchev–Trinajstić information content (AvgIpc) is 3.35. The molecule has 0 N–H and O–H groups in total. The highest BCUT2D eigenvalue weighted by Crippen LogP contribution is 2.42. The number of hydrogen-bond acceptors (Lipinski definition) is 7. The third kappa shape index (κ3) is 3.90. The maximum Gasteiger partial charge on any atom is 0.292 e. The summed E-state index contributed by atoms with van der Waals surface area (Å²) >= 11 is 0. The molecular weight excluding hydrogens is 350 g/mol. The normalized spacial score (nSPS) is 21.4. The van der Waals surface area contributed by atoms with Crippen LogP contribution in [0.15, 0.2) is 35.0 Å². The number of pyridine rings is 1. The molecular formula is C19H23N3O5. The van der Waals surface area contributed by atoms with Crippen LogP contribution in [0.5, 0.6) is 11.8 Å². The molecule has 4 heterocycles. The largest absolute Gasteiger partial charge is 0.479 e. The van der Waals surface area contributed by atoms with Gasteiger partial charge in [0.1, 0.15) is 6.61 Å². The van der Waals surface area contributed by atoms with Crippen LogP contribution in [0.3, 0.4) is 0 Å². The predicted octanol–water partition coefficient (Wildman–Crippen LogP) is 2.17. The van der Waals surface area contributed by atoms with Gasteiger partial charge in [0.2, 0.25) is 11.6 Å². The topological polar surface area (TPSA) is 86.9 Å². The predicted molar refractivity (Wildman–Crippen MR) is 94.7 cm³/mol. The van der Waals surface area contributed by atoms with Crippen molar-refractivity contribution in [2.75, 3.05) is 33.4 Å². The molecule has 2 aromatic heterocycles. The quantitative estimate of drug-likeness (QED) is 0.794. The molecule has 2 aliphatic rings. The molecule has 2 aliphatic heterocycles. The van der Waals surface area contributed by atoms with Gasteiger partial charge < -0.3 is 23.6 Å². The Morgan fingerprint density at radius 3 is 2.89 bits per heavy atom. The Balaban J connectivity index is 1.28. The van der Waals surface area contributed by atoms with Crippen molar-refractivity contribution in [3.8, 4) is 11.8 Å². The fraction of sp³-hybridized carbons (Fsp3) is 0.526. The SMILES string of the molecule is COc1cc(C(=O)N2CCC3(CC2)COC(COc2ccccn2)C3)on1. The van der Waals surface area contributed by atoms with Crippen LogP contribution in [-0.2, 0) is 4.74 Å². The Kier molecular flexibility index (Phi) is 4.98. The van der Waals surface area contributed by atoms with Crippen LogP contribution in [0, 0.1) is 5.41 Å². The fourth-order valence-corrected chi connectivity index (χ4v) is 3.76. The van der Waals surface area contributed by atoms with E-state index < -0.39 is 0 Å². The van der Waals surface area contributed by atoms with Crippen LogP contribution in [0.1, 0.15) is 29.8 Å². The van der Waals surface area contributed by atoms with Crippen LogP contribution < -0.4 is 9.47 Å². The molecule has 0 aromatic carbocycles. The molecule has 1 amide bonds. The number of piperidine rings is 1. The number of rotatable bonds is 5. The van der Waals surface area contributed by atoms with Gasteiger partial charge in [0, 0.05) is 25.4 Å². The number of carbonyl (C=O) groups is 1. The molecule has 8 nitrogen and oxygen atoms in total. The molecule has 2 fully saturated rings. The number of aromatic nitrogens is 2. The van der Waals surface area contributed by atoms with Gasteiger partial charge in [0.05, 0.1) is 25.9 Å². The van der Waals surface area contributed by atoms with Crippen LogP contribution in [0.2, 0.25) is 0 Å². The maximum absolute atomic E-state index is 12.5. The minimum Gasteiger partial charge on any atom is -0.479 e. The summed E-state index contributed by atoms with van der Waals surface area (Å²) < 4.78 is 21.7. The van der Waals surface area contributed by atoms with E-state index in [1.807, 2.05) is 23.1 Å². The van der Waals surface area contributed by atoms with Crippen molar-refractivity contribution in [1.29, 1.82) is 0 Å². The Bertz CT molecular complexity index is 771. The lowest BCUT2D eigenvalue weighted by molar-refractivity contribution is 0.0406. The maximum atomic E-state index is 12.5. The molecule has 0 saturated carbocycles. The molecule has 1 spiro atoms. The number of amides is 1. The highest BCUT2D eigenvalue weighted by molar-refractivity contribution is 5.91. The first-order valence-corrected chi connectivity index (χ1v) is 9.13. The number of nitrogens with zero attached hydrogens (tertiary/aromatic N) is 3. The van der Waals surface area contributed by atoms with Crippen molar-refractivity contribution in [1.82, 2.24) is 15.0 Å². The Morgan fingerprint density at radius 1 is 1.33 bits per heavy atom. The minimum atomic E-state index is -0.144. The minimum absolute atomic E-state index is 0.0628. The van der Waals surface area contributed by atoms with Crippen molar-refractivity contribution in [3.63, 3.8) is 0 Å². The number of carbonyl (C=O) groups excluding carboxylic acids is 1. The van der Waals surface area contributed by atoms with Gasteiger partial charge in [-0.05, 0) is 35.9 Å². The van der Waals surface area contributed by atoms with Gasteiger partial charge in [-0.3, -0.25) is 4.79 Å². The van der Waals surface area contributed by atoms with Gasteiger partial charge in [-0.2, -0.15) is 0 Å². The van der Waals surface area contributed by atoms with Crippen molar-refractivity contribution in [2.24, 2.45) is 5.41 Å². The number of ether oxygens (including phenoxy) is 3. The summed E-state index contributed by atoms with van der Waals surface area (Å²) in [5.41, 5.74) is 0.119. The van der Waals surface area contributed by atoms with Crippen molar-refractivity contribution in [3.05, 3.63) is 36.2 Å². The van der Waals surface area contributed by atoms with Crippen LogP contribution >= 0.6 is 0 Å². The van der Waals surface area contributed by atoms with Gasteiger partial charge in [0.15, 0.2) is 0 Å². The average molecular weight is 373 g/mol. The van der Waals surface area contributed by atoms with Gasteiger partial charge in [-0.15, -0.1) is 0 Å². The Hall–Kier alpha value is -2.61. The first-order valence-electron chi connectivity index (χ1n) is 9.13. The fourth-order valence-electron chi connectivity index (χ4n) is 3.76. The zero-order valence-corrected chi connectivity index (χ0v) is 15.3. The third-order valence-corrected chi connectivity index (χ3v) is 5.36. The summed E-state index contributed by atoms with van der Waals surface area (Å²) in [7, 11) is 1.49. The molecule has 1 atom stereocenters. The summed E-state index contributed by atoms with van der Waals surface area (Å²) in [4.78, 5) is 18.5. The van der Waals surface area contributed by atoms with Crippen LogP contribution in [0.25, 0.3) is 0 Å². The molecule has 144 valence electrons. The zero-order chi connectivity index (χ0) is 18.7. The van der Waals surface area contributed by atoms with E-state index in [-0.39, 0.29) is 23.2 Å². The second-order valence-corrected chi connectivity index (χ2v) is 7.14. The molecule has 4 rings (SSSR count). The molecule has 2 saturated heterocycles. The Labute approximate surface area is 157 Å². The summed E-state index contributed by atoms with van der Waals surface area (Å²) in [6.45, 7) is 2.57. The molecule has 1 unspecified atom stereocenters. The first kappa shape index (κ1) is 17.8. The summed E-state index contributed by atoms with van der Waals surface area (Å²) in [5, 5.41) is 3.69. The molecule has 8 heteroatoms. The van der Waals surface area contributed by atoms with E-state index in [0.717, 1.165) is 19.3 Å². The number of likely N-dealkylation sites (tertiary alicyclic amines) is 1. The molecule has 0 aliphatic carbocycles. The van der Waals surface area contributed by atoms with Gasteiger partial charge in [-0.25, -0.2) is 4.98 Å². The van der Waals surface area contributed by atoms with Crippen molar-refractivity contribution in [2.45, 2.75) is 25.4 Å². The number of methoxy groups -OCH3 is 1. The smallest absolute Gasteiger partial charge is 0.292 e. The van der Waals surface area contributed by atoms with Gasteiger partial charge in [-0.1, -0.05) is 6.07 Å². The lowest BCUT2D eigenvalue weighted by atomic mass is 9.76. The molecule has 2 aromatic rings. The summed E-state index contributed by atoms with van der Waals surface area (Å²) in [6.07, 6.45) is 4.53. The van der Waals surface area contributed by atoms with Gasteiger partial charge >= 0.3 is 0 Å². The second-order valence-electron chi connectivity index (χ2n) is 7.14. The van der Waals surface area contributed by atoms with E-state index in [1.165, 1.54) is 13.2 Å². The monoisotopic (exact) mass is 373 g/mol. The van der Waals surface area contributed by atoms with E-state index in [4.69, 9.17) is 18.7 Å². The van der Waals surface area contributed by atoms with E-state index in [9.17, 15) is 4.79 Å². The van der Waals surface area contributed by atoms with Crippen LogP contribution in [-0.4, -0.2) is 60.5 Å². The van der Waals surface area contributed by atoms with Crippen molar-refractivity contribution < 1.29 is 23.5 Å². The van der Waals surface area contributed by atoms with E-state index in [1.54, 1.807) is 6.20 Å². The van der Waals surface area contributed by atoms with Crippen molar-refractivity contribution >= 4 is 5.91 Å². The third-order valence-electron chi connectivity index (χ3n) is 5.36. The molecule has 0 bridgehead atoms. The standard InChI is InChI=1S/C19H23N3O5/c1-24-17-10-15(27-21-17)18(23)22-8-5-19(6-9-22)11-14(26-13-19)12-25-16-4-2-3-7-20-16/h2-4,7,10,14H,5-6,8-9,11-13H2,1H3. The lowest BCUT2D eigenvalue weighted by Crippen LogP contribution is -2.43. The second kappa shape index (κ2) is 7.56. The number of hydrogen-bond donors (Lipinski definition) is 0. The Morgan fingerprint density at radius 2 is 2.19 bits per heavy atom. The highest BCUT2D eigenvalue weighted by atomic mass is 16.5. The molecule has 0 radical (unpaired) electrons. The molecule has 27 heavy (non-hydrogen) atoms. The summed E-state index contributed by atoms with van der Waals surface area (Å²) in [5.74, 6) is 0.999. The van der Waals surface area contributed by atoms with Crippen LogP contribution in [0.4, 0.5) is 0 Å². The van der Waals surface area contributed by atoms with Gasteiger partial charge in [0.25, 0.3) is 11.8 Å². The first-order chi connectivity index (χ1) is 13.2. The van der Waals surface area contributed by atoms with E-state index in [2.05, 4.69) is 10.1 Å². The van der Waals surface area contributed by atoms with E-state index in [0.29, 0.717) is 38.1 Å². The zero-order valence-electron chi connectivity index (χ0n) is 15.3.